The first kappa shape index (κ1) is 19.7. The van der Waals surface area contributed by atoms with Crippen molar-refractivity contribution >= 4 is 17.3 Å². The quantitative estimate of drug-likeness (QED) is 0.564. The lowest BCUT2D eigenvalue weighted by Gasteiger charge is -2.20. The van der Waals surface area contributed by atoms with Crippen LogP contribution in [0.3, 0.4) is 0 Å². The van der Waals surface area contributed by atoms with Crippen LogP contribution in [0.5, 0.6) is 17.2 Å². The molecule has 0 bridgehead atoms. The van der Waals surface area contributed by atoms with E-state index in [1.165, 1.54) is 0 Å². The Labute approximate surface area is 166 Å². The van der Waals surface area contributed by atoms with Crippen molar-refractivity contribution in [3.63, 3.8) is 0 Å². The second kappa shape index (κ2) is 9.21. The van der Waals surface area contributed by atoms with E-state index in [-0.39, 0.29) is 0 Å². The second-order valence-electron chi connectivity index (χ2n) is 6.72. The Hall–Kier alpha value is -3.09. The number of nitrogens with two attached hydrogens (primary N) is 1. The molecule has 28 heavy (non-hydrogen) atoms. The molecule has 1 aliphatic rings. The van der Waals surface area contributed by atoms with Crippen molar-refractivity contribution in [2.75, 3.05) is 51.2 Å². The van der Waals surface area contributed by atoms with Gasteiger partial charge in [0, 0.05) is 43.5 Å². The number of benzene rings is 2. The van der Waals surface area contributed by atoms with Gasteiger partial charge in [0.05, 0.1) is 27.0 Å². The molecule has 1 heterocycles. The van der Waals surface area contributed by atoms with Crippen LogP contribution < -0.4 is 30.2 Å². The maximum atomic E-state index is 6.07. The summed E-state index contributed by atoms with van der Waals surface area (Å²) in [6.45, 7) is 2.56. The van der Waals surface area contributed by atoms with Gasteiger partial charge in [0.25, 0.3) is 0 Å². The Bertz CT molecular complexity index is 803. The summed E-state index contributed by atoms with van der Waals surface area (Å²) in [4.78, 5) is 6.85. The summed E-state index contributed by atoms with van der Waals surface area (Å²) < 4.78 is 16.1. The molecule has 0 spiro atoms. The molecule has 1 atom stereocenters. The van der Waals surface area contributed by atoms with E-state index < -0.39 is 0 Å². The average molecular weight is 384 g/mol. The zero-order chi connectivity index (χ0) is 19.9. The second-order valence-corrected chi connectivity index (χ2v) is 6.72. The lowest BCUT2D eigenvalue weighted by Crippen LogP contribution is -2.25. The molecule has 1 fully saturated rings. The maximum Gasteiger partial charge on any atom is 0.193 e. The molecule has 3 N–H and O–H groups in total. The highest BCUT2D eigenvalue weighted by Gasteiger charge is 2.23. The van der Waals surface area contributed by atoms with Gasteiger partial charge in [-0.3, -0.25) is 4.99 Å². The van der Waals surface area contributed by atoms with Gasteiger partial charge < -0.3 is 30.2 Å². The van der Waals surface area contributed by atoms with Gasteiger partial charge in [0.15, 0.2) is 5.96 Å². The fourth-order valence-electron chi connectivity index (χ4n) is 3.34. The Morgan fingerprint density at radius 3 is 2.50 bits per heavy atom. The van der Waals surface area contributed by atoms with Crippen molar-refractivity contribution in [1.29, 1.82) is 0 Å². The van der Waals surface area contributed by atoms with Gasteiger partial charge in [0.1, 0.15) is 17.2 Å². The minimum Gasteiger partial charge on any atom is -0.497 e. The number of aliphatic imine (C=N–C) groups is 1. The SMILES string of the molecule is COc1cc(OC)cc(N2CCC(CN=C(N)Nc3ccccc3OC)C2)c1. The van der Waals surface area contributed by atoms with Crippen LogP contribution in [0, 0.1) is 5.92 Å². The van der Waals surface area contributed by atoms with E-state index in [1.807, 2.05) is 42.5 Å². The van der Waals surface area contributed by atoms with Crippen LogP contribution in [-0.2, 0) is 0 Å². The Morgan fingerprint density at radius 2 is 1.82 bits per heavy atom. The number of methoxy groups -OCH3 is 3. The molecule has 2 aromatic carbocycles. The zero-order valence-corrected chi connectivity index (χ0v) is 16.6. The first-order valence-electron chi connectivity index (χ1n) is 9.31. The molecular weight excluding hydrogens is 356 g/mol. The van der Waals surface area contributed by atoms with Crippen LogP contribution in [0.2, 0.25) is 0 Å². The Balaban J connectivity index is 1.59. The van der Waals surface area contributed by atoms with Crippen molar-refractivity contribution in [1.82, 2.24) is 0 Å². The number of hydrogen-bond acceptors (Lipinski definition) is 5. The highest BCUT2D eigenvalue weighted by molar-refractivity contribution is 5.93. The third-order valence-electron chi connectivity index (χ3n) is 4.88. The molecule has 7 heteroatoms. The monoisotopic (exact) mass is 384 g/mol. The molecule has 0 aromatic heterocycles. The molecule has 3 rings (SSSR count). The van der Waals surface area contributed by atoms with Crippen LogP contribution in [0.25, 0.3) is 0 Å². The summed E-state index contributed by atoms with van der Waals surface area (Å²) in [5.41, 5.74) is 7.97. The topological polar surface area (TPSA) is 81.3 Å². The van der Waals surface area contributed by atoms with Gasteiger partial charge >= 0.3 is 0 Å². The minimum absolute atomic E-state index is 0.394. The number of anilines is 2. The van der Waals surface area contributed by atoms with E-state index in [1.54, 1.807) is 21.3 Å². The van der Waals surface area contributed by atoms with Gasteiger partial charge in [-0.2, -0.15) is 0 Å². The highest BCUT2D eigenvalue weighted by Crippen LogP contribution is 2.31. The summed E-state index contributed by atoms with van der Waals surface area (Å²) in [5, 5.41) is 3.11. The van der Waals surface area contributed by atoms with Crippen LogP contribution in [0.4, 0.5) is 11.4 Å². The third-order valence-corrected chi connectivity index (χ3v) is 4.88. The molecule has 0 saturated carbocycles. The predicted molar refractivity (Wildman–Crippen MR) is 113 cm³/mol. The fraction of sp³-hybridized carbons (Fsp3) is 0.381. The summed E-state index contributed by atoms with van der Waals surface area (Å²) in [6.07, 6.45) is 1.06. The van der Waals surface area contributed by atoms with E-state index in [9.17, 15) is 0 Å². The number of nitrogens with one attached hydrogen (secondary N) is 1. The highest BCUT2D eigenvalue weighted by atomic mass is 16.5. The molecule has 7 nitrogen and oxygen atoms in total. The number of ether oxygens (including phenoxy) is 3. The average Bonchev–Trinajstić information content (AvgIpc) is 3.21. The van der Waals surface area contributed by atoms with Crippen molar-refractivity contribution in [2.45, 2.75) is 6.42 Å². The number of rotatable bonds is 7. The normalized spacial score (nSPS) is 16.8. The Morgan fingerprint density at radius 1 is 1.11 bits per heavy atom. The maximum absolute atomic E-state index is 6.07. The minimum atomic E-state index is 0.394. The van der Waals surface area contributed by atoms with Crippen LogP contribution in [-0.4, -0.2) is 46.9 Å². The fourth-order valence-corrected chi connectivity index (χ4v) is 3.34. The van der Waals surface area contributed by atoms with Crippen LogP contribution >= 0.6 is 0 Å². The van der Waals surface area contributed by atoms with Crippen molar-refractivity contribution < 1.29 is 14.2 Å². The summed E-state index contributed by atoms with van der Waals surface area (Å²) in [7, 11) is 4.96. The van der Waals surface area contributed by atoms with Gasteiger partial charge in [-0.25, -0.2) is 0 Å². The first-order valence-corrected chi connectivity index (χ1v) is 9.31. The molecule has 1 aliphatic heterocycles. The molecule has 2 aromatic rings. The van der Waals surface area contributed by atoms with Gasteiger partial charge in [-0.05, 0) is 24.5 Å². The largest absolute Gasteiger partial charge is 0.497 e. The van der Waals surface area contributed by atoms with Gasteiger partial charge in [-0.15, -0.1) is 0 Å². The molecule has 1 unspecified atom stereocenters. The zero-order valence-electron chi connectivity index (χ0n) is 16.6. The molecule has 0 radical (unpaired) electrons. The number of nitrogens with zero attached hydrogens (tertiary/aromatic N) is 2. The smallest absolute Gasteiger partial charge is 0.193 e. The van der Waals surface area contributed by atoms with Crippen LogP contribution in [0.15, 0.2) is 47.5 Å². The van der Waals surface area contributed by atoms with Gasteiger partial charge in [-0.1, -0.05) is 12.1 Å². The van der Waals surface area contributed by atoms with E-state index in [0.717, 1.165) is 48.1 Å². The molecule has 0 amide bonds. The van der Waals surface area contributed by atoms with Gasteiger partial charge in [0.2, 0.25) is 0 Å². The first-order chi connectivity index (χ1) is 13.6. The summed E-state index contributed by atoms with van der Waals surface area (Å²) in [5.74, 6) is 3.16. The standard InChI is InChI=1S/C21H28N4O3/c1-26-17-10-16(11-18(12-17)27-2)25-9-8-15(14-25)13-23-21(22)24-19-6-4-5-7-20(19)28-3/h4-7,10-12,15H,8-9,13-14H2,1-3H3,(H3,22,23,24). The van der Waals surface area contributed by atoms with Crippen molar-refractivity contribution in [3.8, 4) is 17.2 Å². The number of para-hydroxylation sites is 2. The summed E-state index contributed by atoms with van der Waals surface area (Å²) in [6, 6.07) is 13.6. The van der Waals surface area contributed by atoms with Crippen molar-refractivity contribution in [2.24, 2.45) is 16.6 Å². The lowest BCUT2D eigenvalue weighted by molar-refractivity contribution is 0.394. The third kappa shape index (κ3) is 4.79. The predicted octanol–water partition coefficient (Wildman–Crippen LogP) is 2.97. The number of guanidine groups is 1. The van der Waals surface area contributed by atoms with E-state index >= 15 is 0 Å². The Kier molecular flexibility index (Phi) is 6.47. The molecule has 150 valence electrons. The number of hydrogen-bond donors (Lipinski definition) is 2. The lowest BCUT2D eigenvalue weighted by atomic mass is 10.1. The van der Waals surface area contributed by atoms with E-state index in [0.29, 0.717) is 18.4 Å². The van der Waals surface area contributed by atoms with E-state index in [4.69, 9.17) is 19.9 Å². The van der Waals surface area contributed by atoms with Crippen LogP contribution in [0.1, 0.15) is 6.42 Å². The summed E-state index contributed by atoms with van der Waals surface area (Å²) >= 11 is 0. The molecule has 0 aliphatic carbocycles. The molecule has 1 saturated heterocycles. The molecular formula is C21H28N4O3. The van der Waals surface area contributed by atoms with E-state index in [2.05, 4.69) is 15.2 Å². The van der Waals surface area contributed by atoms with Crippen molar-refractivity contribution in [3.05, 3.63) is 42.5 Å².